The Labute approximate surface area is 109 Å². The van der Waals surface area contributed by atoms with Crippen LogP contribution in [-0.4, -0.2) is 39.1 Å². The van der Waals surface area contributed by atoms with Crippen LogP contribution in [0.4, 0.5) is 0 Å². The molecule has 18 heavy (non-hydrogen) atoms. The molecule has 100 valence electrons. The van der Waals surface area contributed by atoms with Crippen molar-refractivity contribution in [2.45, 2.75) is 12.1 Å². The SMILES string of the molecule is N[C@H](CS)C(=O)O.O=C(O)C(O)c1ccccc1. The molecule has 6 nitrogen and oxygen atoms in total. The maximum Gasteiger partial charge on any atom is 0.337 e. The Morgan fingerprint density at radius 2 is 1.67 bits per heavy atom. The summed E-state index contributed by atoms with van der Waals surface area (Å²) in [6.07, 6.45) is -1.41. The number of aliphatic hydroxyl groups excluding tert-OH is 1. The molecule has 0 spiro atoms. The number of aliphatic carboxylic acids is 2. The monoisotopic (exact) mass is 273 g/mol. The summed E-state index contributed by atoms with van der Waals surface area (Å²) in [5.41, 5.74) is 5.34. The third-order valence-electron chi connectivity index (χ3n) is 1.86. The summed E-state index contributed by atoms with van der Waals surface area (Å²) < 4.78 is 0. The molecule has 0 aromatic heterocycles. The van der Waals surface area contributed by atoms with Crippen LogP contribution in [0.15, 0.2) is 30.3 Å². The van der Waals surface area contributed by atoms with Crippen LogP contribution in [0.3, 0.4) is 0 Å². The molecule has 0 saturated heterocycles. The van der Waals surface area contributed by atoms with E-state index in [1.807, 2.05) is 0 Å². The van der Waals surface area contributed by atoms with Gasteiger partial charge in [0, 0.05) is 5.75 Å². The Kier molecular flexibility index (Phi) is 7.77. The van der Waals surface area contributed by atoms with Crippen LogP contribution in [0.5, 0.6) is 0 Å². The van der Waals surface area contributed by atoms with E-state index >= 15 is 0 Å². The first kappa shape index (κ1) is 16.4. The van der Waals surface area contributed by atoms with Gasteiger partial charge in [-0.3, -0.25) is 4.79 Å². The number of carboxylic acid groups (broad SMARTS) is 2. The van der Waals surface area contributed by atoms with Crippen molar-refractivity contribution in [2.75, 3.05) is 5.75 Å². The van der Waals surface area contributed by atoms with E-state index in [0.29, 0.717) is 5.56 Å². The van der Waals surface area contributed by atoms with Gasteiger partial charge in [0.2, 0.25) is 0 Å². The highest BCUT2D eigenvalue weighted by Crippen LogP contribution is 2.10. The van der Waals surface area contributed by atoms with E-state index in [0.717, 1.165) is 0 Å². The number of aliphatic hydroxyl groups is 1. The molecule has 1 unspecified atom stereocenters. The smallest absolute Gasteiger partial charge is 0.337 e. The van der Waals surface area contributed by atoms with Gasteiger partial charge in [0.1, 0.15) is 6.04 Å². The summed E-state index contributed by atoms with van der Waals surface area (Å²) in [7, 11) is 0. The largest absolute Gasteiger partial charge is 0.480 e. The van der Waals surface area contributed by atoms with Gasteiger partial charge >= 0.3 is 11.9 Å². The summed E-state index contributed by atoms with van der Waals surface area (Å²) in [6.45, 7) is 0. The molecule has 0 heterocycles. The van der Waals surface area contributed by atoms with Crippen molar-refractivity contribution in [1.82, 2.24) is 0 Å². The zero-order valence-electron chi connectivity index (χ0n) is 9.43. The molecule has 0 aliphatic rings. The molecule has 1 aromatic rings. The van der Waals surface area contributed by atoms with E-state index in [9.17, 15) is 9.59 Å². The summed E-state index contributed by atoms with van der Waals surface area (Å²) in [5, 5.41) is 25.4. The van der Waals surface area contributed by atoms with Crippen LogP contribution in [0.25, 0.3) is 0 Å². The minimum Gasteiger partial charge on any atom is -0.480 e. The van der Waals surface area contributed by atoms with Gasteiger partial charge in [-0.2, -0.15) is 12.6 Å². The maximum absolute atomic E-state index is 10.2. The van der Waals surface area contributed by atoms with E-state index in [1.54, 1.807) is 30.3 Å². The minimum atomic E-state index is -1.41. The topological polar surface area (TPSA) is 121 Å². The van der Waals surface area contributed by atoms with Crippen molar-refractivity contribution in [3.8, 4) is 0 Å². The van der Waals surface area contributed by atoms with Gasteiger partial charge in [0.15, 0.2) is 6.10 Å². The van der Waals surface area contributed by atoms with Crippen molar-refractivity contribution < 1.29 is 24.9 Å². The van der Waals surface area contributed by atoms with E-state index in [2.05, 4.69) is 12.6 Å². The second-order valence-corrected chi connectivity index (χ2v) is 3.64. The fourth-order valence-electron chi connectivity index (χ4n) is 0.856. The second kappa shape index (κ2) is 8.51. The fourth-order valence-corrected chi connectivity index (χ4v) is 1.01. The van der Waals surface area contributed by atoms with Crippen LogP contribution < -0.4 is 5.73 Å². The molecule has 0 radical (unpaired) electrons. The zero-order valence-corrected chi connectivity index (χ0v) is 10.3. The lowest BCUT2D eigenvalue weighted by Gasteiger charge is -2.03. The van der Waals surface area contributed by atoms with Gasteiger partial charge in [-0.05, 0) is 5.56 Å². The molecular weight excluding hydrogens is 258 g/mol. The molecular formula is C11H15NO5S. The van der Waals surface area contributed by atoms with Gasteiger partial charge in [0.25, 0.3) is 0 Å². The molecule has 0 bridgehead atoms. The number of carbonyl (C=O) groups is 2. The fraction of sp³-hybridized carbons (Fsp3) is 0.273. The van der Waals surface area contributed by atoms with Crippen LogP contribution in [0.1, 0.15) is 11.7 Å². The van der Waals surface area contributed by atoms with Gasteiger partial charge < -0.3 is 21.1 Å². The Bertz CT molecular complexity index is 384. The molecule has 0 fully saturated rings. The summed E-state index contributed by atoms with van der Waals surface area (Å²) >= 11 is 3.65. The Balaban J connectivity index is 0.000000360. The lowest BCUT2D eigenvalue weighted by Crippen LogP contribution is -2.31. The standard InChI is InChI=1S/C8H8O3.C3H7NO2S/c9-7(8(10)11)6-4-2-1-3-5-6;4-2(1-7)3(5)6/h1-5,7,9H,(H,10,11);2,7H,1,4H2,(H,5,6)/t;2-/m.1/s1. The zero-order chi connectivity index (χ0) is 14.1. The summed E-state index contributed by atoms with van der Waals surface area (Å²) in [5.74, 6) is -2.04. The van der Waals surface area contributed by atoms with Crippen molar-refractivity contribution in [3.63, 3.8) is 0 Å². The van der Waals surface area contributed by atoms with Crippen LogP contribution in [0, 0.1) is 0 Å². The first-order valence-corrected chi connectivity index (χ1v) is 5.58. The first-order chi connectivity index (χ1) is 8.40. The van der Waals surface area contributed by atoms with Crippen LogP contribution >= 0.6 is 12.6 Å². The highest BCUT2D eigenvalue weighted by atomic mass is 32.1. The third-order valence-corrected chi connectivity index (χ3v) is 2.26. The molecule has 1 rings (SSSR count). The van der Waals surface area contributed by atoms with E-state index in [-0.39, 0.29) is 5.75 Å². The third kappa shape index (κ3) is 6.24. The molecule has 7 heteroatoms. The number of rotatable bonds is 4. The second-order valence-electron chi connectivity index (χ2n) is 3.28. The highest BCUT2D eigenvalue weighted by Gasteiger charge is 2.14. The highest BCUT2D eigenvalue weighted by molar-refractivity contribution is 7.80. The molecule has 0 aliphatic heterocycles. The van der Waals surface area contributed by atoms with Crippen molar-refractivity contribution in [3.05, 3.63) is 35.9 Å². The van der Waals surface area contributed by atoms with Gasteiger partial charge in [-0.25, -0.2) is 4.79 Å². The normalized spacial score (nSPS) is 12.8. The number of thiol groups is 1. The molecule has 1 aromatic carbocycles. The minimum absolute atomic E-state index is 0.190. The number of nitrogens with two attached hydrogens (primary N) is 1. The molecule has 5 N–H and O–H groups in total. The molecule has 0 aliphatic carbocycles. The lowest BCUT2D eigenvalue weighted by atomic mass is 10.1. The molecule has 0 amide bonds. The number of benzene rings is 1. The average Bonchev–Trinajstić information content (AvgIpc) is 2.38. The van der Waals surface area contributed by atoms with E-state index in [4.69, 9.17) is 21.1 Å². The van der Waals surface area contributed by atoms with Crippen LogP contribution in [-0.2, 0) is 9.59 Å². The summed E-state index contributed by atoms with van der Waals surface area (Å²) in [4.78, 5) is 20.0. The Hall–Kier alpha value is -1.57. The van der Waals surface area contributed by atoms with Gasteiger partial charge in [-0.1, -0.05) is 30.3 Å². The quantitative estimate of drug-likeness (QED) is 0.497. The Morgan fingerprint density at radius 1 is 1.17 bits per heavy atom. The molecule has 0 saturated carbocycles. The lowest BCUT2D eigenvalue weighted by molar-refractivity contribution is -0.147. The molecule has 2 atom stereocenters. The maximum atomic E-state index is 10.2. The number of hydrogen-bond donors (Lipinski definition) is 5. The van der Waals surface area contributed by atoms with E-state index < -0.39 is 24.1 Å². The summed E-state index contributed by atoms with van der Waals surface area (Å²) in [6, 6.07) is 7.45. The predicted molar refractivity (Wildman–Crippen MR) is 68.5 cm³/mol. The first-order valence-electron chi connectivity index (χ1n) is 4.95. The van der Waals surface area contributed by atoms with Crippen molar-refractivity contribution in [2.24, 2.45) is 5.73 Å². The number of hydrogen-bond acceptors (Lipinski definition) is 5. The van der Waals surface area contributed by atoms with Crippen molar-refractivity contribution >= 4 is 24.6 Å². The van der Waals surface area contributed by atoms with Crippen LogP contribution in [0.2, 0.25) is 0 Å². The Morgan fingerprint density at radius 3 is 1.94 bits per heavy atom. The average molecular weight is 273 g/mol. The van der Waals surface area contributed by atoms with Gasteiger partial charge in [-0.15, -0.1) is 0 Å². The van der Waals surface area contributed by atoms with Crippen molar-refractivity contribution in [1.29, 1.82) is 0 Å². The number of carboxylic acids is 2. The van der Waals surface area contributed by atoms with Gasteiger partial charge in [0.05, 0.1) is 0 Å². The van der Waals surface area contributed by atoms with E-state index in [1.165, 1.54) is 0 Å². The predicted octanol–water partition coefficient (Wildman–Crippen LogP) is 0.133.